The maximum Gasteiger partial charge on any atom is 0.344 e. The van der Waals surface area contributed by atoms with Gasteiger partial charge in [0.15, 0.2) is 11.5 Å². The highest BCUT2D eigenvalue weighted by Crippen LogP contribution is 2.36. The Labute approximate surface area is 161 Å². The van der Waals surface area contributed by atoms with E-state index in [0.717, 1.165) is 46.9 Å². The van der Waals surface area contributed by atoms with Gasteiger partial charge in [-0.15, -0.1) is 0 Å². The average molecular weight is 376 g/mol. The average Bonchev–Trinajstić information content (AvgIpc) is 3.08. The Kier molecular flexibility index (Phi) is 3.90. The van der Waals surface area contributed by atoms with Crippen LogP contribution in [0.5, 0.6) is 11.5 Å². The van der Waals surface area contributed by atoms with Crippen LogP contribution in [-0.2, 0) is 12.8 Å². The lowest BCUT2D eigenvalue weighted by atomic mass is 9.95. The molecule has 5 rings (SSSR count). The molecule has 0 unspecified atom stereocenters. The van der Waals surface area contributed by atoms with Crippen molar-refractivity contribution >= 4 is 21.9 Å². The van der Waals surface area contributed by atoms with E-state index in [1.165, 1.54) is 12.0 Å². The highest BCUT2D eigenvalue weighted by atomic mass is 16.5. The Bertz CT molecular complexity index is 1260. The van der Waals surface area contributed by atoms with Gasteiger partial charge in [0, 0.05) is 28.8 Å². The van der Waals surface area contributed by atoms with Gasteiger partial charge >= 0.3 is 5.63 Å². The van der Waals surface area contributed by atoms with Crippen molar-refractivity contribution in [2.75, 3.05) is 14.2 Å². The van der Waals surface area contributed by atoms with E-state index >= 15 is 0 Å². The van der Waals surface area contributed by atoms with Crippen LogP contribution in [0.15, 0.2) is 50.0 Å². The summed E-state index contributed by atoms with van der Waals surface area (Å²) in [5.74, 6) is 2.25. The number of rotatable bonds is 3. The van der Waals surface area contributed by atoms with Crippen LogP contribution in [0.1, 0.15) is 24.2 Å². The van der Waals surface area contributed by atoms with E-state index < -0.39 is 5.63 Å². The van der Waals surface area contributed by atoms with Crippen molar-refractivity contribution in [2.45, 2.75) is 25.7 Å². The van der Waals surface area contributed by atoms with Crippen LogP contribution in [-0.4, -0.2) is 14.2 Å². The molecule has 2 aromatic heterocycles. The Morgan fingerprint density at radius 2 is 1.68 bits per heavy atom. The molecule has 1 aliphatic carbocycles. The van der Waals surface area contributed by atoms with Crippen LogP contribution in [0.4, 0.5) is 0 Å². The molecule has 0 aliphatic heterocycles. The fraction of sp³-hybridized carbons (Fsp3) is 0.261. The number of hydrogen-bond acceptors (Lipinski definition) is 5. The first-order valence-corrected chi connectivity index (χ1v) is 9.42. The number of benzene rings is 2. The molecule has 142 valence electrons. The molecule has 0 radical (unpaired) electrons. The molecule has 2 aromatic carbocycles. The molecule has 5 nitrogen and oxygen atoms in total. The molecule has 5 heteroatoms. The first-order valence-electron chi connectivity index (χ1n) is 9.42. The van der Waals surface area contributed by atoms with Gasteiger partial charge in [-0.25, -0.2) is 4.79 Å². The first-order chi connectivity index (χ1) is 13.7. The third-order valence-corrected chi connectivity index (χ3v) is 5.50. The van der Waals surface area contributed by atoms with Gasteiger partial charge in [0.25, 0.3) is 0 Å². The topological polar surface area (TPSA) is 61.8 Å². The third-order valence-electron chi connectivity index (χ3n) is 5.50. The molecule has 0 bridgehead atoms. The van der Waals surface area contributed by atoms with E-state index in [1.807, 2.05) is 18.2 Å². The predicted molar refractivity (Wildman–Crippen MR) is 107 cm³/mol. The summed E-state index contributed by atoms with van der Waals surface area (Å²) in [4.78, 5) is 12.6. The second-order valence-electron chi connectivity index (χ2n) is 7.11. The normalized spacial score (nSPS) is 13.6. The maximum absolute atomic E-state index is 12.6. The Hall–Kier alpha value is -3.21. The molecular weight excluding hydrogens is 356 g/mol. The first kappa shape index (κ1) is 16.9. The molecule has 0 atom stereocenters. The largest absolute Gasteiger partial charge is 0.493 e. The van der Waals surface area contributed by atoms with Crippen molar-refractivity contribution in [1.82, 2.24) is 0 Å². The quantitative estimate of drug-likeness (QED) is 0.465. The fourth-order valence-corrected chi connectivity index (χ4v) is 4.08. The second kappa shape index (κ2) is 6.44. The SMILES string of the molecule is COc1ccc(-c2cc3cc4c5c(oc4cc3oc2=O)CCCC5)cc1OC. The van der Waals surface area contributed by atoms with Gasteiger partial charge in [0.05, 0.1) is 19.8 Å². The summed E-state index contributed by atoms with van der Waals surface area (Å²) in [6.07, 6.45) is 4.35. The molecule has 0 N–H and O–H groups in total. The lowest BCUT2D eigenvalue weighted by molar-refractivity contribution is 0.355. The molecule has 0 spiro atoms. The van der Waals surface area contributed by atoms with Gasteiger partial charge in [-0.05, 0) is 49.1 Å². The maximum atomic E-state index is 12.6. The molecule has 0 saturated heterocycles. The molecule has 1 aliphatic rings. The zero-order valence-corrected chi connectivity index (χ0v) is 15.8. The summed E-state index contributed by atoms with van der Waals surface area (Å²) in [5.41, 5.74) is 3.44. The number of hydrogen-bond donors (Lipinski definition) is 0. The van der Waals surface area contributed by atoms with Crippen LogP contribution in [0.3, 0.4) is 0 Å². The highest BCUT2D eigenvalue weighted by Gasteiger charge is 2.19. The van der Waals surface area contributed by atoms with Gasteiger partial charge in [0.2, 0.25) is 0 Å². The van der Waals surface area contributed by atoms with E-state index in [1.54, 1.807) is 26.4 Å². The summed E-state index contributed by atoms with van der Waals surface area (Å²) >= 11 is 0. The van der Waals surface area contributed by atoms with Crippen molar-refractivity contribution in [1.29, 1.82) is 0 Å². The molecular formula is C23H20O5. The molecule has 2 heterocycles. The van der Waals surface area contributed by atoms with Crippen LogP contribution in [0.25, 0.3) is 33.1 Å². The standard InChI is InChI=1S/C23H20O5/c1-25-19-8-7-13(11-22(19)26-2)16-9-14-10-17-15-5-3-4-6-18(15)27-21(17)12-20(14)28-23(16)24/h7-12H,3-6H2,1-2H3. The summed E-state index contributed by atoms with van der Waals surface area (Å²) in [7, 11) is 3.15. The molecule has 0 fully saturated rings. The Morgan fingerprint density at radius 1 is 0.857 bits per heavy atom. The predicted octanol–water partition coefficient (Wildman–Crippen LogP) is 5.10. The van der Waals surface area contributed by atoms with Crippen LogP contribution in [0, 0.1) is 0 Å². The van der Waals surface area contributed by atoms with Crippen LogP contribution >= 0.6 is 0 Å². The number of aryl methyl sites for hydroxylation is 2. The van der Waals surface area contributed by atoms with Gasteiger partial charge in [-0.1, -0.05) is 6.07 Å². The van der Waals surface area contributed by atoms with Crippen LogP contribution < -0.4 is 15.1 Å². The summed E-state index contributed by atoms with van der Waals surface area (Å²) < 4.78 is 22.3. The molecule has 4 aromatic rings. The van der Waals surface area contributed by atoms with Gasteiger partial charge in [0.1, 0.15) is 16.9 Å². The fourth-order valence-electron chi connectivity index (χ4n) is 4.08. The van der Waals surface area contributed by atoms with Crippen molar-refractivity contribution in [3.63, 3.8) is 0 Å². The smallest absolute Gasteiger partial charge is 0.344 e. The van der Waals surface area contributed by atoms with Gasteiger partial charge < -0.3 is 18.3 Å². The van der Waals surface area contributed by atoms with E-state index in [2.05, 4.69) is 6.07 Å². The highest BCUT2D eigenvalue weighted by molar-refractivity contribution is 5.96. The van der Waals surface area contributed by atoms with E-state index in [-0.39, 0.29) is 0 Å². The van der Waals surface area contributed by atoms with E-state index in [9.17, 15) is 4.79 Å². The molecule has 0 amide bonds. The molecule has 0 saturated carbocycles. The minimum Gasteiger partial charge on any atom is -0.493 e. The molecule has 28 heavy (non-hydrogen) atoms. The zero-order chi connectivity index (χ0) is 19.3. The van der Waals surface area contributed by atoms with Crippen molar-refractivity contribution in [3.8, 4) is 22.6 Å². The summed E-state index contributed by atoms with van der Waals surface area (Å²) in [5, 5.41) is 2.00. The summed E-state index contributed by atoms with van der Waals surface area (Å²) in [6, 6.07) is 11.2. The lowest BCUT2D eigenvalue weighted by Gasteiger charge is -2.10. The lowest BCUT2D eigenvalue weighted by Crippen LogP contribution is -2.03. The van der Waals surface area contributed by atoms with E-state index in [0.29, 0.717) is 22.6 Å². The summed E-state index contributed by atoms with van der Waals surface area (Å²) in [6.45, 7) is 0. The van der Waals surface area contributed by atoms with Crippen molar-refractivity contribution < 1.29 is 18.3 Å². The minimum absolute atomic E-state index is 0.393. The van der Waals surface area contributed by atoms with Crippen molar-refractivity contribution in [3.05, 3.63) is 58.1 Å². The Morgan fingerprint density at radius 3 is 2.50 bits per heavy atom. The Balaban J connectivity index is 1.71. The van der Waals surface area contributed by atoms with Crippen molar-refractivity contribution in [2.24, 2.45) is 0 Å². The van der Waals surface area contributed by atoms with E-state index in [4.69, 9.17) is 18.3 Å². The van der Waals surface area contributed by atoms with Gasteiger partial charge in [-0.2, -0.15) is 0 Å². The zero-order valence-electron chi connectivity index (χ0n) is 15.8. The van der Waals surface area contributed by atoms with Crippen LogP contribution in [0.2, 0.25) is 0 Å². The number of furan rings is 1. The number of methoxy groups -OCH3 is 2. The third kappa shape index (κ3) is 2.58. The minimum atomic E-state index is -0.393. The number of fused-ring (bicyclic) bond motifs is 4. The monoisotopic (exact) mass is 376 g/mol. The number of ether oxygens (including phenoxy) is 2. The van der Waals surface area contributed by atoms with Gasteiger partial charge in [-0.3, -0.25) is 0 Å². The second-order valence-corrected chi connectivity index (χ2v) is 7.11.